The summed E-state index contributed by atoms with van der Waals surface area (Å²) in [5, 5.41) is 119. The number of ether oxygens (including phenoxy) is 7. The fourth-order valence-electron chi connectivity index (χ4n) is 6.59. The molecular formula is C28H48N2O24S. The third-order valence-electron chi connectivity index (χ3n) is 9.22. The van der Waals surface area contributed by atoms with Gasteiger partial charge in [-0.05, 0) is 0 Å². The van der Waals surface area contributed by atoms with E-state index in [0.717, 1.165) is 13.8 Å². The number of hydrogen-bond acceptors (Lipinski definition) is 23. The molecule has 0 bridgehead atoms. The molecule has 0 aliphatic carbocycles. The van der Waals surface area contributed by atoms with E-state index in [1.54, 1.807) is 0 Å². The molecule has 4 aliphatic heterocycles. The summed E-state index contributed by atoms with van der Waals surface area (Å²) in [6.45, 7) is -1.92. The standard InChI is InChI=1S/C28H48N2O24S/c1-7(35)29-13-17(39)21(11(5-33)47-25(13)43)51-28-20(42)24(16(38)10(4-32)49-28)53-26-14(30-8(2)36)23(54-55(44,45)46)22(12(6-34)50-26)52-27-19(41)18(40)15(37)9(3-31)48-27/h9-28,31-34,37-43H,3-6H2,1-2H3,(H,29,35)(H,30,36)(H,44,45,46)/t9-,10-,11-,12-,13-,14-,15+,16+,17-,18+,19-,20-,21-,22-,23-,24+,25-,26+,27+,28+/m1/s1. The monoisotopic (exact) mass is 828 g/mol. The third-order valence-corrected chi connectivity index (χ3v) is 9.68. The van der Waals surface area contributed by atoms with Crippen LogP contribution in [0.1, 0.15) is 13.8 Å². The van der Waals surface area contributed by atoms with Crippen molar-refractivity contribution in [2.45, 2.75) is 137 Å². The van der Waals surface area contributed by atoms with Crippen LogP contribution in [-0.2, 0) is 57.3 Å². The van der Waals surface area contributed by atoms with Crippen LogP contribution in [0.2, 0.25) is 0 Å². The van der Waals surface area contributed by atoms with Crippen LogP contribution in [0.25, 0.3) is 0 Å². The smallest absolute Gasteiger partial charge is 0.394 e. The normalized spacial score (nSPS) is 45.5. The molecular weight excluding hydrogens is 780 g/mol. The molecule has 27 heteroatoms. The molecule has 0 radical (unpaired) electrons. The quantitative estimate of drug-likeness (QED) is 0.0723. The zero-order valence-electron chi connectivity index (χ0n) is 29.0. The first-order chi connectivity index (χ1) is 25.8. The van der Waals surface area contributed by atoms with Crippen molar-refractivity contribution in [3.63, 3.8) is 0 Å². The van der Waals surface area contributed by atoms with Gasteiger partial charge in [-0.2, -0.15) is 8.42 Å². The van der Waals surface area contributed by atoms with Crippen molar-refractivity contribution < 1.29 is 116 Å². The average Bonchev–Trinajstić information content (AvgIpc) is 3.11. The highest BCUT2D eigenvalue weighted by Crippen LogP contribution is 2.35. The van der Waals surface area contributed by atoms with Crippen LogP contribution in [0, 0.1) is 0 Å². The number of carbonyl (C=O) groups excluding carboxylic acids is 2. The van der Waals surface area contributed by atoms with Gasteiger partial charge in [-0.25, -0.2) is 4.18 Å². The van der Waals surface area contributed by atoms with Crippen molar-refractivity contribution in [1.29, 1.82) is 0 Å². The number of amides is 2. The summed E-state index contributed by atoms with van der Waals surface area (Å²) in [5.74, 6) is -1.65. The van der Waals surface area contributed by atoms with Gasteiger partial charge < -0.3 is 100.0 Å². The molecule has 55 heavy (non-hydrogen) atoms. The van der Waals surface area contributed by atoms with Crippen LogP contribution < -0.4 is 10.6 Å². The molecule has 0 unspecified atom stereocenters. The van der Waals surface area contributed by atoms with Gasteiger partial charge in [-0.3, -0.25) is 14.1 Å². The molecule has 20 atom stereocenters. The molecule has 4 rings (SSSR count). The molecule has 0 saturated carbocycles. The molecule has 4 fully saturated rings. The van der Waals surface area contributed by atoms with Crippen LogP contribution >= 0.6 is 0 Å². The summed E-state index contributed by atoms with van der Waals surface area (Å²) >= 11 is 0. The molecule has 0 aromatic carbocycles. The predicted octanol–water partition coefficient (Wildman–Crippen LogP) is -9.63. The summed E-state index contributed by atoms with van der Waals surface area (Å²) in [5.41, 5.74) is 0. The number of nitrogens with one attached hydrogen (secondary N) is 2. The summed E-state index contributed by atoms with van der Waals surface area (Å²) in [6.07, 6.45) is -34.4. The Morgan fingerprint density at radius 2 is 0.982 bits per heavy atom. The molecule has 4 saturated heterocycles. The first-order valence-electron chi connectivity index (χ1n) is 16.7. The molecule has 4 heterocycles. The topological polar surface area (TPSA) is 409 Å². The minimum absolute atomic E-state index is 0.710. The van der Waals surface area contributed by atoms with Crippen LogP contribution in [0.15, 0.2) is 0 Å². The first kappa shape index (κ1) is 45.8. The Balaban J connectivity index is 1.67. The van der Waals surface area contributed by atoms with Crippen LogP contribution in [0.5, 0.6) is 0 Å². The number of carbonyl (C=O) groups is 2. The van der Waals surface area contributed by atoms with Crippen molar-refractivity contribution in [2.24, 2.45) is 0 Å². The second-order valence-electron chi connectivity index (χ2n) is 13.1. The lowest BCUT2D eigenvalue weighted by Gasteiger charge is -2.50. The lowest BCUT2D eigenvalue weighted by Crippen LogP contribution is -2.70. The highest BCUT2D eigenvalue weighted by molar-refractivity contribution is 7.80. The number of hydrogen-bond donors (Lipinski definition) is 14. The Hall–Kier alpha value is -1.91. The molecule has 320 valence electrons. The van der Waals surface area contributed by atoms with E-state index in [1.807, 2.05) is 0 Å². The van der Waals surface area contributed by atoms with Crippen molar-refractivity contribution in [1.82, 2.24) is 10.6 Å². The van der Waals surface area contributed by atoms with Gasteiger partial charge in [-0.1, -0.05) is 0 Å². The number of aliphatic hydroxyl groups excluding tert-OH is 11. The highest BCUT2D eigenvalue weighted by Gasteiger charge is 2.57. The maximum Gasteiger partial charge on any atom is 0.397 e. The van der Waals surface area contributed by atoms with E-state index < -0.39 is 171 Å². The predicted molar refractivity (Wildman–Crippen MR) is 167 cm³/mol. The van der Waals surface area contributed by atoms with Crippen molar-refractivity contribution in [3.05, 3.63) is 0 Å². The van der Waals surface area contributed by atoms with Gasteiger partial charge in [0.2, 0.25) is 11.8 Å². The Bertz CT molecular complexity index is 1380. The molecule has 4 aliphatic rings. The lowest BCUT2D eigenvalue weighted by molar-refractivity contribution is -0.376. The molecule has 0 aromatic heterocycles. The van der Waals surface area contributed by atoms with Gasteiger partial charge in [0.15, 0.2) is 25.2 Å². The van der Waals surface area contributed by atoms with Crippen molar-refractivity contribution in [3.8, 4) is 0 Å². The highest BCUT2D eigenvalue weighted by atomic mass is 32.3. The second-order valence-corrected chi connectivity index (χ2v) is 14.2. The number of aliphatic hydroxyl groups is 11. The van der Waals surface area contributed by atoms with Gasteiger partial charge >= 0.3 is 10.4 Å². The van der Waals surface area contributed by atoms with Crippen LogP contribution in [-0.4, -0.2) is 230 Å². The summed E-state index contributed by atoms with van der Waals surface area (Å²) < 4.78 is 77.8. The maximum absolute atomic E-state index is 12.4. The van der Waals surface area contributed by atoms with E-state index in [4.69, 9.17) is 37.3 Å². The van der Waals surface area contributed by atoms with Gasteiger partial charge in [0, 0.05) is 13.8 Å². The first-order valence-corrected chi connectivity index (χ1v) is 18.1. The van der Waals surface area contributed by atoms with Crippen molar-refractivity contribution in [2.75, 3.05) is 26.4 Å². The van der Waals surface area contributed by atoms with Crippen molar-refractivity contribution >= 4 is 22.2 Å². The van der Waals surface area contributed by atoms with Gasteiger partial charge in [0.1, 0.15) is 97.5 Å². The Morgan fingerprint density at radius 1 is 0.527 bits per heavy atom. The number of rotatable bonds is 14. The average molecular weight is 829 g/mol. The third kappa shape index (κ3) is 10.6. The molecule has 2 amide bonds. The Labute approximate surface area is 311 Å². The van der Waals surface area contributed by atoms with Crippen LogP contribution in [0.3, 0.4) is 0 Å². The summed E-state index contributed by atoms with van der Waals surface area (Å²) in [4.78, 5) is 24.1. The largest absolute Gasteiger partial charge is 0.397 e. The van der Waals surface area contributed by atoms with E-state index in [-0.39, 0.29) is 0 Å². The molecule has 0 spiro atoms. The maximum atomic E-state index is 12.4. The SMILES string of the molecule is CC(=O)N[C@@H]1[C@@H](O)[C@H](O[C@@H]2O[C@H](CO)[C@H](O)[C@H](O[C@@H]3O[C@H](CO)[C@@H](O[C@@H]4O[C@H](CO)[C@H](O)[C@H](O)[C@H]4O)[C@H](OS(=O)(=O)O)[C@H]3NC(C)=O)[C@H]2O)[C@@H](CO)O[C@H]1O. The van der Waals surface area contributed by atoms with E-state index in [9.17, 15) is 78.7 Å². The molecule has 14 N–H and O–H groups in total. The minimum atomic E-state index is -5.52. The Morgan fingerprint density at radius 3 is 1.51 bits per heavy atom. The fourth-order valence-corrected chi connectivity index (χ4v) is 7.10. The fraction of sp³-hybridized carbons (Fsp3) is 0.929. The van der Waals surface area contributed by atoms with Gasteiger partial charge in [0.25, 0.3) is 0 Å². The zero-order chi connectivity index (χ0) is 41.1. The van der Waals surface area contributed by atoms with E-state index in [0.29, 0.717) is 0 Å². The molecule has 26 nitrogen and oxygen atoms in total. The summed E-state index contributed by atoms with van der Waals surface area (Å²) in [7, 11) is -5.52. The van der Waals surface area contributed by atoms with E-state index >= 15 is 0 Å². The van der Waals surface area contributed by atoms with Crippen LogP contribution in [0.4, 0.5) is 0 Å². The Kier molecular flexibility index (Phi) is 16.0. The van der Waals surface area contributed by atoms with Gasteiger partial charge in [-0.15, -0.1) is 0 Å². The summed E-state index contributed by atoms with van der Waals surface area (Å²) in [6, 6.07) is -3.49. The van der Waals surface area contributed by atoms with E-state index in [1.165, 1.54) is 0 Å². The second kappa shape index (κ2) is 19.2. The van der Waals surface area contributed by atoms with E-state index in [2.05, 4.69) is 10.6 Å². The molecule has 0 aromatic rings. The van der Waals surface area contributed by atoms with Gasteiger partial charge in [0.05, 0.1) is 26.4 Å². The minimum Gasteiger partial charge on any atom is -0.394 e. The zero-order valence-corrected chi connectivity index (χ0v) is 29.9. The lowest BCUT2D eigenvalue weighted by atomic mass is 9.94.